The molecule has 4 N–H and O–H groups in total. The molecule has 2 rings (SSSR count). The van der Waals surface area contributed by atoms with Crippen molar-refractivity contribution in [2.45, 2.75) is 6.42 Å². The first-order valence-corrected chi connectivity index (χ1v) is 5.08. The maximum Gasteiger partial charge on any atom is 0.179 e. The highest BCUT2D eigenvalue weighted by molar-refractivity contribution is 6.33. The van der Waals surface area contributed by atoms with E-state index in [-0.39, 0.29) is 0 Å². The largest absolute Gasteiger partial charge is 0.394 e. The van der Waals surface area contributed by atoms with E-state index in [1.165, 1.54) is 6.20 Å². The second-order valence-corrected chi connectivity index (χ2v) is 3.53. The second-order valence-electron chi connectivity index (χ2n) is 3.13. The molecule has 0 unspecified atom stereocenters. The highest BCUT2D eigenvalue weighted by Gasteiger charge is 2.07. The molecule has 0 saturated carbocycles. The number of nitrogens with two attached hydrogens (primary N) is 2. The summed E-state index contributed by atoms with van der Waals surface area (Å²) in [7, 11) is 0. The van der Waals surface area contributed by atoms with Gasteiger partial charge in [-0.25, -0.2) is 9.50 Å². The molecule has 0 spiro atoms. The van der Waals surface area contributed by atoms with Crippen LogP contribution in [0.4, 0.5) is 5.69 Å². The van der Waals surface area contributed by atoms with Gasteiger partial charge in [0.25, 0.3) is 0 Å². The fourth-order valence-electron chi connectivity index (χ4n) is 1.24. The van der Waals surface area contributed by atoms with Gasteiger partial charge in [0.1, 0.15) is 5.69 Å². The zero-order valence-corrected chi connectivity index (χ0v) is 9.20. The number of halogens is 1. The third-order valence-electron chi connectivity index (χ3n) is 2.01. The summed E-state index contributed by atoms with van der Waals surface area (Å²) in [5.41, 5.74) is 12.7. The highest BCUT2D eigenvalue weighted by atomic mass is 35.5. The average molecular weight is 236 g/mol. The molecule has 5 nitrogen and oxygen atoms in total. The van der Waals surface area contributed by atoms with E-state index in [1.807, 2.05) is 0 Å². The van der Waals surface area contributed by atoms with Crippen LogP contribution in [0.2, 0.25) is 5.02 Å². The molecule has 0 aliphatic carbocycles. The Balaban J connectivity index is 2.51. The van der Waals surface area contributed by atoms with Crippen LogP contribution in [0.5, 0.6) is 0 Å². The van der Waals surface area contributed by atoms with Gasteiger partial charge in [-0.15, -0.1) is 0 Å². The maximum atomic E-state index is 5.83. The fourth-order valence-corrected chi connectivity index (χ4v) is 1.37. The van der Waals surface area contributed by atoms with Crippen molar-refractivity contribution >= 4 is 22.9 Å². The molecule has 0 aromatic carbocycles. The molecule has 2 heterocycles. The van der Waals surface area contributed by atoms with Crippen LogP contribution in [-0.4, -0.2) is 21.1 Å². The van der Waals surface area contributed by atoms with Gasteiger partial charge in [0.15, 0.2) is 5.65 Å². The highest BCUT2D eigenvalue weighted by Crippen LogP contribution is 2.21. The number of nitrogens with zero attached hydrogens (tertiary/aromatic N) is 3. The molecule has 16 heavy (non-hydrogen) atoms. The van der Waals surface area contributed by atoms with Crippen LogP contribution in [0.1, 0.15) is 12.1 Å². The van der Waals surface area contributed by atoms with E-state index in [9.17, 15) is 0 Å². The minimum Gasteiger partial charge on any atom is -0.394 e. The number of rotatable bonds is 1. The number of hydrogen-bond donors (Lipinski definition) is 2. The predicted molar refractivity (Wildman–Crippen MR) is 63.0 cm³/mol. The van der Waals surface area contributed by atoms with E-state index in [2.05, 4.69) is 21.9 Å². The summed E-state index contributed by atoms with van der Waals surface area (Å²) >= 11 is 5.83. The quantitative estimate of drug-likeness (QED) is 0.712. The van der Waals surface area contributed by atoms with Crippen LogP contribution in [-0.2, 0) is 0 Å². The van der Waals surface area contributed by atoms with Gasteiger partial charge in [0, 0.05) is 13.0 Å². The van der Waals surface area contributed by atoms with E-state index in [0.717, 1.165) is 0 Å². The van der Waals surface area contributed by atoms with Crippen molar-refractivity contribution < 1.29 is 0 Å². The Labute approximate surface area is 97.4 Å². The van der Waals surface area contributed by atoms with E-state index >= 15 is 0 Å². The van der Waals surface area contributed by atoms with Crippen LogP contribution in [0.3, 0.4) is 0 Å². The third-order valence-corrected chi connectivity index (χ3v) is 2.31. The van der Waals surface area contributed by atoms with Gasteiger partial charge in [0.2, 0.25) is 0 Å². The van der Waals surface area contributed by atoms with Gasteiger partial charge < -0.3 is 11.5 Å². The Hall–Kier alpha value is -1.77. The van der Waals surface area contributed by atoms with Gasteiger partial charge >= 0.3 is 0 Å². The summed E-state index contributed by atoms with van der Waals surface area (Å²) in [6, 6.07) is 0. The summed E-state index contributed by atoms with van der Waals surface area (Å²) in [5.74, 6) is 5.84. The summed E-state index contributed by atoms with van der Waals surface area (Å²) in [5, 5.41) is 4.48. The van der Waals surface area contributed by atoms with Crippen molar-refractivity contribution in [2.75, 3.05) is 12.3 Å². The minimum absolute atomic E-state index is 0.388. The molecular weight excluding hydrogens is 226 g/mol. The number of aromatic nitrogens is 3. The Kier molecular flexibility index (Phi) is 2.95. The summed E-state index contributed by atoms with van der Waals surface area (Å²) < 4.78 is 1.56. The average Bonchev–Trinajstić information content (AvgIpc) is 2.68. The zero-order valence-electron chi connectivity index (χ0n) is 8.44. The van der Waals surface area contributed by atoms with Crippen molar-refractivity contribution in [3.05, 3.63) is 23.1 Å². The van der Waals surface area contributed by atoms with Crippen molar-refractivity contribution in [3.63, 3.8) is 0 Å². The van der Waals surface area contributed by atoms with Crippen molar-refractivity contribution in [1.29, 1.82) is 0 Å². The van der Waals surface area contributed by atoms with Crippen LogP contribution in [0.15, 0.2) is 12.4 Å². The maximum absolute atomic E-state index is 5.83. The summed E-state index contributed by atoms with van der Waals surface area (Å²) in [4.78, 5) is 4.12. The van der Waals surface area contributed by atoms with E-state index in [4.69, 9.17) is 23.1 Å². The van der Waals surface area contributed by atoms with Crippen molar-refractivity contribution in [1.82, 2.24) is 14.6 Å². The summed E-state index contributed by atoms with van der Waals surface area (Å²) in [6.45, 7) is 0.533. The SMILES string of the molecule is NCCC#Cc1cnc2c(N)c(Cl)cnn12. The van der Waals surface area contributed by atoms with Crippen LogP contribution in [0.25, 0.3) is 5.65 Å². The number of hydrogen-bond acceptors (Lipinski definition) is 4. The van der Waals surface area contributed by atoms with Crippen LogP contribution >= 0.6 is 11.6 Å². The fraction of sp³-hybridized carbons (Fsp3) is 0.200. The van der Waals surface area contributed by atoms with Crippen LogP contribution in [0, 0.1) is 11.8 Å². The Morgan fingerprint density at radius 3 is 3.00 bits per heavy atom. The molecule has 82 valence electrons. The Bertz CT molecular complexity index is 578. The minimum atomic E-state index is 0.388. The lowest BCUT2D eigenvalue weighted by Crippen LogP contribution is -1.99. The number of anilines is 1. The lowest BCUT2D eigenvalue weighted by atomic mass is 10.4. The van der Waals surface area contributed by atoms with Crippen LogP contribution < -0.4 is 11.5 Å². The number of fused-ring (bicyclic) bond motifs is 1. The lowest BCUT2D eigenvalue weighted by Gasteiger charge is -1.99. The molecule has 0 atom stereocenters. The smallest absolute Gasteiger partial charge is 0.179 e. The molecule has 0 saturated heterocycles. The van der Waals surface area contributed by atoms with Gasteiger partial charge in [-0.05, 0) is 5.92 Å². The topological polar surface area (TPSA) is 82.2 Å². The Morgan fingerprint density at radius 2 is 2.25 bits per heavy atom. The zero-order chi connectivity index (χ0) is 11.5. The molecule has 2 aromatic rings. The first kappa shape index (κ1) is 10.7. The Morgan fingerprint density at radius 1 is 1.44 bits per heavy atom. The molecule has 2 aromatic heterocycles. The standard InChI is InChI=1S/C10H10ClN5/c11-8-6-15-16-7(3-1-2-4-12)5-14-10(16)9(8)13/h5-6H,2,4,12-13H2. The van der Waals surface area contributed by atoms with E-state index < -0.39 is 0 Å². The molecule has 0 bridgehead atoms. The first-order chi connectivity index (χ1) is 7.74. The second kappa shape index (κ2) is 4.39. The molecule has 0 amide bonds. The summed E-state index contributed by atoms with van der Waals surface area (Å²) in [6.07, 6.45) is 3.72. The molecule has 0 fully saturated rings. The third kappa shape index (κ3) is 1.81. The van der Waals surface area contributed by atoms with Crippen molar-refractivity contribution in [3.8, 4) is 11.8 Å². The molecule has 0 aliphatic rings. The molecule has 0 aliphatic heterocycles. The van der Waals surface area contributed by atoms with Crippen molar-refractivity contribution in [2.24, 2.45) is 5.73 Å². The number of nitrogen functional groups attached to an aromatic ring is 1. The normalized spacial score (nSPS) is 10.1. The monoisotopic (exact) mass is 235 g/mol. The molecule has 6 heteroatoms. The van der Waals surface area contributed by atoms with Gasteiger partial charge in [-0.3, -0.25) is 0 Å². The van der Waals surface area contributed by atoms with Gasteiger partial charge in [-0.2, -0.15) is 5.10 Å². The predicted octanol–water partition coefficient (Wildman–Crippen LogP) is 0.665. The number of imidazole rings is 1. The lowest BCUT2D eigenvalue weighted by molar-refractivity contribution is 0.925. The van der Waals surface area contributed by atoms with E-state index in [0.29, 0.717) is 35.0 Å². The van der Waals surface area contributed by atoms with Gasteiger partial charge in [0.05, 0.1) is 23.1 Å². The first-order valence-electron chi connectivity index (χ1n) is 4.70. The molecular formula is C10H10ClN5. The van der Waals surface area contributed by atoms with E-state index in [1.54, 1.807) is 10.7 Å². The molecule has 0 radical (unpaired) electrons. The van der Waals surface area contributed by atoms with Gasteiger partial charge in [-0.1, -0.05) is 17.5 Å².